The van der Waals surface area contributed by atoms with Crippen LogP contribution in [0.1, 0.15) is 18.9 Å². The van der Waals surface area contributed by atoms with Crippen LogP contribution in [0.4, 0.5) is 4.39 Å². The molecule has 1 fully saturated rings. The SMILES string of the molecule is CCC1NC(=O)CN(Cc2cccc(Cl)c2F)C1=O. The van der Waals surface area contributed by atoms with Crippen molar-refractivity contribution in [1.29, 1.82) is 0 Å². The largest absolute Gasteiger partial charge is 0.343 e. The number of nitrogens with zero attached hydrogens (tertiary/aromatic N) is 1. The molecule has 0 saturated carbocycles. The molecule has 1 N–H and O–H groups in total. The first-order valence-corrected chi connectivity index (χ1v) is 6.41. The number of benzene rings is 1. The maximum Gasteiger partial charge on any atom is 0.245 e. The summed E-state index contributed by atoms with van der Waals surface area (Å²) in [5.74, 6) is -0.966. The highest BCUT2D eigenvalue weighted by Crippen LogP contribution is 2.20. The first kappa shape index (κ1) is 13.8. The molecule has 1 saturated heterocycles. The molecule has 0 aromatic heterocycles. The van der Waals surface area contributed by atoms with Gasteiger partial charge in [-0.1, -0.05) is 30.7 Å². The molecule has 0 aliphatic carbocycles. The molecule has 1 heterocycles. The molecule has 102 valence electrons. The van der Waals surface area contributed by atoms with Gasteiger partial charge < -0.3 is 10.2 Å². The van der Waals surface area contributed by atoms with E-state index in [9.17, 15) is 14.0 Å². The van der Waals surface area contributed by atoms with Crippen LogP contribution in [0.5, 0.6) is 0 Å². The molecule has 1 aromatic carbocycles. The molecule has 0 radical (unpaired) electrons. The molecule has 6 heteroatoms. The second-order valence-corrected chi connectivity index (χ2v) is 4.84. The van der Waals surface area contributed by atoms with Crippen LogP contribution < -0.4 is 5.32 Å². The van der Waals surface area contributed by atoms with E-state index in [1.54, 1.807) is 12.1 Å². The summed E-state index contributed by atoms with van der Waals surface area (Å²) in [6.07, 6.45) is 0.513. The Bertz CT molecular complexity index is 521. The first-order chi connectivity index (χ1) is 9.02. The van der Waals surface area contributed by atoms with E-state index >= 15 is 0 Å². The van der Waals surface area contributed by atoms with Gasteiger partial charge >= 0.3 is 0 Å². The lowest BCUT2D eigenvalue weighted by Crippen LogP contribution is -2.57. The number of halogens is 2. The van der Waals surface area contributed by atoms with Gasteiger partial charge in [-0.2, -0.15) is 0 Å². The van der Waals surface area contributed by atoms with Gasteiger partial charge in [0.1, 0.15) is 11.9 Å². The summed E-state index contributed by atoms with van der Waals surface area (Å²) >= 11 is 5.69. The summed E-state index contributed by atoms with van der Waals surface area (Å²) in [7, 11) is 0. The number of hydrogen-bond donors (Lipinski definition) is 1. The van der Waals surface area contributed by atoms with Crippen LogP contribution in [-0.4, -0.2) is 29.3 Å². The molecule has 19 heavy (non-hydrogen) atoms. The Morgan fingerprint density at radius 2 is 2.21 bits per heavy atom. The quantitative estimate of drug-likeness (QED) is 0.919. The molecule has 1 atom stereocenters. The highest BCUT2D eigenvalue weighted by atomic mass is 35.5. The summed E-state index contributed by atoms with van der Waals surface area (Å²) < 4.78 is 13.8. The molecule has 0 bridgehead atoms. The molecule has 1 aromatic rings. The molecule has 4 nitrogen and oxygen atoms in total. The number of piperazine rings is 1. The Labute approximate surface area is 115 Å². The number of hydrogen-bond acceptors (Lipinski definition) is 2. The molecular formula is C13H14ClFN2O2. The molecule has 1 unspecified atom stereocenters. The monoisotopic (exact) mass is 284 g/mol. The van der Waals surface area contributed by atoms with Gasteiger partial charge in [0.05, 0.1) is 11.6 Å². The van der Waals surface area contributed by atoms with Gasteiger partial charge in [-0.05, 0) is 12.5 Å². The first-order valence-electron chi connectivity index (χ1n) is 6.04. The van der Waals surface area contributed by atoms with Crippen molar-refractivity contribution in [3.63, 3.8) is 0 Å². The van der Waals surface area contributed by atoms with Crippen LogP contribution in [0.3, 0.4) is 0 Å². The van der Waals surface area contributed by atoms with Crippen molar-refractivity contribution in [1.82, 2.24) is 10.2 Å². The second kappa shape index (κ2) is 5.57. The lowest BCUT2D eigenvalue weighted by molar-refractivity contribution is -0.144. The highest BCUT2D eigenvalue weighted by Gasteiger charge is 2.31. The van der Waals surface area contributed by atoms with Crippen LogP contribution in [-0.2, 0) is 16.1 Å². The zero-order valence-electron chi connectivity index (χ0n) is 10.5. The van der Waals surface area contributed by atoms with Crippen molar-refractivity contribution < 1.29 is 14.0 Å². The van der Waals surface area contributed by atoms with Crippen molar-refractivity contribution in [2.24, 2.45) is 0 Å². The zero-order chi connectivity index (χ0) is 14.0. The van der Waals surface area contributed by atoms with E-state index in [0.29, 0.717) is 12.0 Å². The van der Waals surface area contributed by atoms with E-state index in [1.165, 1.54) is 11.0 Å². The van der Waals surface area contributed by atoms with E-state index in [-0.39, 0.29) is 29.9 Å². The fraction of sp³-hybridized carbons (Fsp3) is 0.385. The minimum atomic E-state index is -0.545. The van der Waals surface area contributed by atoms with E-state index < -0.39 is 11.9 Å². The average Bonchev–Trinajstić information content (AvgIpc) is 2.38. The fourth-order valence-electron chi connectivity index (χ4n) is 2.06. The second-order valence-electron chi connectivity index (χ2n) is 4.44. The molecule has 1 aliphatic rings. The Morgan fingerprint density at radius 3 is 2.89 bits per heavy atom. The van der Waals surface area contributed by atoms with Gasteiger partial charge in [-0.15, -0.1) is 0 Å². The number of nitrogens with one attached hydrogen (secondary N) is 1. The van der Waals surface area contributed by atoms with Gasteiger partial charge in [0.15, 0.2) is 0 Å². The highest BCUT2D eigenvalue weighted by molar-refractivity contribution is 6.30. The normalized spacial score (nSPS) is 19.5. The lowest BCUT2D eigenvalue weighted by atomic mass is 10.1. The van der Waals surface area contributed by atoms with Gasteiger partial charge in [-0.3, -0.25) is 9.59 Å². The van der Waals surface area contributed by atoms with Gasteiger partial charge in [-0.25, -0.2) is 4.39 Å². The average molecular weight is 285 g/mol. The number of carbonyl (C=O) groups is 2. The molecule has 2 rings (SSSR count). The van der Waals surface area contributed by atoms with E-state index in [4.69, 9.17) is 11.6 Å². The van der Waals surface area contributed by atoms with Gasteiger partial charge in [0.25, 0.3) is 0 Å². The van der Waals surface area contributed by atoms with Crippen LogP contribution in [0.2, 0.25) is 5.02 Å². The predicted molar refractivity (Wildman–Crippen MR) is 69.0 cm³/mol. The van der Waals surface area contributed by atoms with Crippen LogP contribution in [0, 0.1) is 5.82 Å². The number of rotatable bonds is 3. The maximum atomic E-state index is 13.8. The minimum Gasteiger partial charge on any atom is -0.343 e. The third-order valence-corrected chi connectivity index (χ3v) is 3.37. The van der Waals surface area contributed by atoms with Crippen molar-refractivity contribution in [3.8, 4) is 0 Å². The van der Waals surface area contributed by atoms with E-state index in [2.05, 4.69) is 5.32 Å². The topological polar surface area (TPSA) is 49.4 Å². The summed E-state index contributed by atoms with van der Waals surface area (Å²) in [4.78, 5) is 24.9. The summed E-state index contributed by atoms with van der Waals surface area (Å²) in [6.45, 7) is 1.81. The molecule has 0 spiro atoms. The number of carbonyl (C=O) groups excluding carboxylic acids is 2. The minimum absolute atomic E-state index is 0.0125. The smallest absolute Gasteiger partial charge is 0.245 e. The van der Waals surface area contributed by atoms with E-state index in [0.717, 1.165) is 0 Å². The van der Waals surface area contributed by atoms with Crippen LogP contribution in [0.15, 0.2) is 18.2 Å². The Balaban J connectivity index is 2.19. The lowest BCUT2D eigenvalue weighted by Gasteiger charge is -2.32. The summed E-state index contributed by atoms with van der Waals surface area (Å²) in [5, 5.41) is 2.62. The van der Waals surface area contributed by atoms with E-state index in [1.807, 2.05) is 6.92 Å². The summed E-state index contributed by atoms with van der Waals surface area (Å²) in [5.41, 5.74) is 0.311. The van der Waals surface area contributed by atoms with Crippen LogP contribution >= 0.6 is 11.6 Å². The Morgan fingerprint density at radius 1 is 1.47 bits per heavy atom. The van der Waals surface area contributed by atoms with Gasteiger partial charge in [0, 0.05) is 12.1 Å². The summed E-state index contributed by atoms with van der Waals surface area (Å²) in [6, 6.07) is 4.09. The zero-order valence-corrected chi connectivity index (χ0v) is 11.2. The van der Waals surface area contributed by atoms with Gasteiger partial charge in [0.2, 0.25) is 11.8 Å². The van der Waals surface area contributed by atoms with Crippen molar-refractivity contribution in [3.05, 3.63) is 34.6 Å². The Kier molecular flexibility index (Phi) is 4.04. The molecular weight excluding hydrogens is 271 g/mol. The van der Waals surface area contributed by atoms with Crippen molar-refractivity contribution in [2.75, 3.05) is 6.54 Å². The fourth-order valence-corrected chi connectivity index (χ4v) is 2.25. The molecule has 1 aliphatic heterocycles. The third kappa shape index (κ3) is 2.87. The van der Waals surface area contributed by atoms with Crippen LogP contribution in [0.25, 0.3) is 0 Å². The molecule has 2 amide bonds. The standard InChI is InChI=1S/C13H14ClFN2O2/c1-2-10-13(19)17(7-11(18)16-10)6-8-4-3-5-9(14)12(8)15/h3-5,10H,2,6-7H2,1H3,(H,16,18). The maximum absolute atomic E-state index is 13.8. The van der Waals surface area contributed by atoms with Crippen molar-refractivity contribution in [2.45, 2.75) is 25.9 Å². The number of amides is 2. The predicted octanol–water partition coefficient (Wildman–Crippen LogP) is 1.72. The Hall–Kier alpha value is -1.62. The van der Waals surface area contributed by atoms with Crippen molar-refractivity contribution >= 4 is 23.4 Å². The third-order valence-electron chi connectivity index (χ3n) is 3.08.